The van der Waals surface area contributed by atoms with Crippen LogP contribution in [0.25, 0.3) is 0 Å². The summed E-state index contributed by atoms with van der Waals surface area (Å²) in [6.45, 7) is 2.82. The highest BCUT2D eigenvalue weighted by atomic mass is 16.1. The molecule has 1 aliphatic heterocycles. The van der Waals surface area contributed by atoms with Crippen molar-refractivity contribution in [3.8, 4) is 0 Å². The first-order chi connectivity index (χ1) is 10.3. The standard InChI is InChI=1S/C17H25N3O/c21-17(12-14-5-1-2-6-14)19-13-15-7-8-18-16(11-15)20-9-3-4-10-20/h7-8,11,14H,1-6,9-10,12-13H2,(H,19,21). The van der Waals surface area contributed by atoms with Gasteiger partial charge >= 0.3 is 0 Å². The average Bonchev–Trinajstić information content (AvgIpc) is 3.19. The number of amides is 1. The Balaban J connectivity index is 1.50. The van der Waals surface area contributed by atoms with Crippen LogP contribution in [-0.2, 0) is 11.3 Å². The fourth-order valence-electron chi connectivity index (χ4n) is 3.44. The van der Waals surface area contributed by atoms with Crippen LogP contribution in [0.2, 0.25) is 0 Å². The molecular formula is C17H25N3O. The largest absolute Gasteiger partial charge is 0.357 e. The predicted octanol–water partition coefficient (Wildman–Crippen LogP) is 2.88. The molecular weight excluding hydrogens is 262 g/mol. The number of nitrogens with zero attached hydrogens (tertiary/aromatic N) is 2. The maximum Gasteiger partial charge on any atom is 0.220 e. The summed E-state index contributed by atoms with van der Waals surface area (Å²) in [6, 6.07) is 4.11. The number of aromatic nitrogens is 1. The van der Waals surface area contributed by atoms with E-state index in [-0.39, 0.29) is 5.91 Å². The van der Waals surface area contributed by atoms with Crippen molar-refractivity contribution in [2.75, 3.05) is 18.0 Å². The van der Waals surface area contributed by atoms with E-state index >= 15 is 0 Å². The molecule has 1 aliphatic carbocycles. The second-order valence-corrected chi connectivity index (χ2v) is 6.35. The molecule has 1 N–H and O–H groups in total. The van der Waals surface area contributed by atoms with Gasteiger partial charge in [0.25, 0.3) is 0 Å². The van der Waals surface area contributed by atoms with Crippen LogP contribution in [0, 0.1) is 5.92 Å². The van der Waals surface area contributed by atoms with Crippen LogP contribution in [0.1, 0.15) is 50.5 Å². The zero-order valence-corrected chi connectivity index (χ0v) is 12.7. The topological polar surface area (TPSA) is 45.2 Å². The number of pyridine rings is 1. The molecule has 114 valence electrons. The Kier molecular flexibility index (Phi) is 4.73. The quantitative estimate of drug-likeness (QED) is 0.905. The van der Waals surface area contributed by atoms with E-state index in [2.05, 4.69) is 21.3 Å². The lowest BCUT2D eigenvalue weighted by Crippen LogP contribution is -2.25. The second-order valence-electron chi connectivity index (χ2n) is 6.35. The third kappa shape index (κ3) is 3.96. The lowest BCUT2D eigenvalue weighted by molar-refractivity contribution is -0.122. The summed E-state index contributed by atoms with van der Waals surface area (Å²) in [5, 5.41) is 3.06. The van der Waals surface area contributed by atoms with Crippen LogP contribution in [-0.4, -0.2) is 24.0 Å². The fraction of sp³-hybridized carbons (Fsp3) is 0.647. The number of anilines is 1. The molecule has 1 aromatic rings. The van der Waals surface area contributed by atoms with Crippen molar-refractivity contribution in [2.24, 2.45) is 5.92 Å². The van der Waals surface area contributed by atoms with Gasteiger partial charge in [-0.2, -0.15) is 0 Å². The normalized spacial score (nSPS) is 19.1. The van der Waals surface area contributed by atoms with Gasteiger partial charge in [0.1, 0.15) is 5.82 Å². The molecule has 0 spiro atoms. The van der Waals surface area contributed by atoms with Gasteiger partial charge in [-0.3, -0.25) is 4.79 Å². The van der Waals surface area contributed by atoms with E-state index in [1.165, 1.54) is 38.5 Å². The molecule has 0 atom stereocenters. The van der Waals surface area contributed by atoms with E-state index in [9.17, 15) is 4.79 Å². The lowest BCUT2D eigenvalue weighted by atomic mass is 10.0. The summed E-state index contributed by atoms with van der Waals surface area (Å²) in [4.78, 5) is 18.7. The van der Waals surface area contributed by atoms with Gasteiger partial charge < -0.3 is 10.2 Å². The van der Waals surface area contributed by atoms with Gasteiger partial charge in [-0.25, -0.2) is 4.98 Å². The molecule has 1 saturated heterocycles. The van der Waals surface area contributed by atoms with Crippen LogP contribution in [0.15, 0.2) is 18.3 Å². The minimum atomic E-state index is 0.196. The van der Waals surface area contributed by atoms with Gasteiger partial charge in [0.15, 0.2) is 0 Å². The molecule has 21 heavy (non-hydrogen) atoms. The number of nitrogens with one attached hydrogen (secondary N) is 1. The van der Waals surface area contributed by atoms with Gasteiger partial charge in [-0.15, -0.1) is 0 Å². The molecule has 0 radical (unpaired) electrons. The molecule has 0 bridgehead atoms. The minimum Gasteiger partial charge on any atom is -0.357 e. The number of hydrogen-bond donors (Lipinski definition) is 1. The predicted molar refractivity (Wildman–Crippen MR) is 84.1 cm³/mol. The number of hydrogen-bond acceptors (Lipinski definition) is 3. The molecule has 0 aromatic carbocycles. The van der Waals surface area contributed by atoms with Crippen molar-refractivity contribution in [1.82, 2.24) is 10.3 Å². The molecule has 2 heterocycles. The van der Waals surface area contributed by atoms with Crippen LogP contribution >= 0.6 is 0 Å². The summed E-state index contributed by atoms with van der Waals surface area (Å²) >= 11 is 0. The summed E-state index contributed by atoms with van der Waals surface area (Å²) in [5.41, 5.74) is 1.15. The molecule has 2 fully saturated rings. The number of carbonyl (C=O) groups is 1. The third-order valence-corrected chi connectivity index (χ3v) is 4.68. The van der Waals surface area contributed by atoms with Gasteiger partial charge in [-0.05, 0) is 49.3 Å². The van der Waals surface area contributed by atoms with E-state index in [0.717, 1.165) is 24.5 Å². The summed E-state index contributed by atoms with van der Waals surface area (Å²) in [5.74, 6) is 1.86. The maximum atomic E-state index is 12.0. The Hall–Kier alpha value is -1.58. The first-order valence-electron chi connectivity index (χ1n) is 8.28. The van der Waals surface area contributed by atoms with E-state index in [1.807, 2.05) is 12.3 Å². The van der Waals surface area contributed by atoms with Crippen molar-refractivity contribution < 1.29 is 4.79 Å². The van der Waals surface area contributed by atoms with Crippen LogP contribution in [0.4, 0.5) is 5.82 Å². The Labute approximate surface area is 126 Å². The van der Waals surface area contributed by atoms with Gasteiger partial charge in [0, 0.05) is 32.3 Å². The van der Waals surface area contributed by atoms with E-state index in [1.54, 1.807) is 0 Å². The third-order valence-electron chi connectivity index (χ3n) is 4.68. The Morgan fingerprint density at radius 3 is 2.76 bits per heavy atom. The van der Waals surface area contributed by atoms with Crippen molar-refractivity contribution >= 4 is 11.7 Å². The fourth-order valence-corrected chi connectivity index (χ4v) is 3.44. The molecule has 1 amide bonds. The maximum absolute atomic E-state index is 12.0. The highest BCUT2D eigenvalue weighted by Gasteiger charge is 2.18. The van der Waals surface area contributed by atoms with Crippen molar-refractivity contribution in [2.45, 2.75) is 51.5 Å². The molecule has 4 nitrogen and oxygen atoms in total. The molecule has 4 heteroatoms. The van der Waals surface area contributed by atoms with Gasteiger partial charge in [-0.1, -0.05) is 12.8 Å². The van der Waals surface area contributed by atoms with Crippen molar-refractivity contribution in [3.63, 3.8) is 0 Å². The highest BCUT2D eigenvalue weighted by Crippen LogP contribution is 2.27. The molecule has 0 unspecified atom stereocenters. The SMILES string of the molecule is O=C(CC1CCCC1)NCc1ccnc(N2CCCC2)c1. The Morgan fingerprint density at radius 1 is 1.24 bits per heavy atom. The first kappa shape index (κ1) is 14.4. The van der Waals surface area contributed by atoms with Crippen LogP contribution < -0.4 is 10.2 Å². The summed E-state index contributed by atoms with van der Waals surface area (Å²) in [7, 11) is 0. The Bertz CT molecular complexity index is 477. The monoisotopic (exact) mass is 287 g/mol. The lowest BCUT2D eigenvalue weighted by Gasteiger charge is -2.17. The van der Waals surface area contributed by atoms with Crippen molar-refractivity contribution in [3.05, 3.63) is 23.9 Å². The summed E-state index contributed by atoms with van der Waals surface area (Å²) < 4.78 is 0. The second kappa shape index (κ2) is 6.92. The smallest absolute Gasteiger partial charge is 0.220 e. The van der Waals surface area contributed by atoms with Gasteiger partial charge in [0.05, 0.1) is 0 Å². The van der Waals surface area contributed by atoms with Crippen LogP contribution in [0.5, 0.6) is 0 Å². The molecule has 1 saturated carbocycles. The van der Waals surface area contributed by atoms with E-state index < -0.39 is 0 Å². The zero-order valence-electron chi connectivity index (χ0n) is 12.7. The molecule has 3 rings (SSSR count). The number of rotatable bonds is 5. The Morgan fingerprint density at radius 2 is 2.00 bits per heavy atom. The molecule has 2 aliphatic rings. The highest BCUT2D eigenvalue weighted by molar-refractivity contribution is 5.76. The van der Waals surface area contributed by atoms with Crippen LogP contribution in [0.3, 0.4) is 0 Å². The zero-order chi connectivity index (χ0) is 14.5. The van der Waals surface area contributed by atoms with E-state index in [0.29, 0.717) is 18.9 Å². The summed E-state index contributed by atoms with van der Waals surface area (Å²) in [6.07, 6.45) is 10.1. The minimum absolute atomic E-state index is 0.196. The van der Waals surface area contributed by atoms with E-state index in [4.69, 9.17) is 0 Å². The van der Waals surface area contributed by atoms with Gasteiger partial charge in [0.2, 0.25) is 5.91 Å². The molecule has 1 aromatic heterocycles. The average molecular weight is 287 g/mol. The number of carbonyl (C=O) groups excluding carboxylic acids is 1. The first-order valence-corrected chi connectivity index (χ1v) is 8.28. The van der Waals surface area contributed by atoms with Crippen molar-refractivity contribution in [1.29, 1.82) is 0 Å².